The lowest BCUT2D eigenvalue weighted by atomic mass is 10.5. The number of hydrogen-bond acceptors (Lipinski definition) is 18. The van der Waals surface area contributed by atoms with Gasteiger partial charge in [-0.25, -0.2) is 0 Å². The molecule has 0 saturated carbocycles. The standard InChI is InChI=1S/C4H12N2O4.6HNO3/c1-4(7,8)5-2-3-6(9)10;6*2-1(3)4/h5,7-10H,2-3H2,1H3;6*(H,2,3,4). The second-order valence-electron chi connectivity index (χ2n) is 3.47. The maximum absolute atomic E-state index is 8.59. The third-order valence-corrected chi connectivity index (χ3v) is 0.772. The Balaban J connectivity index is -0.0000000526. The van der Waals surface area contributed by atoms with Gasteiger partial charge < -0.3 is 41.5 Å². The molecule has 30 nitrogen and oxygen atoms in total. The summed E-state index contributed by atoms with van der Waals surface area (Å²) in [5, 5.41) is 117. The van der Waals surface area contributed by atoms with Crippen LogP contribution in [0.25, 0.3) is 0 Å². The maximum atomic E-state index is 8.59. The Morgan fingerprint density at radius 3 is 0.853 bits per heavy atom. The number of nitrogens with zero attached hydrogens (tertiary/aromatic N) is 7. The van der Waals surface area contributed by atoms with E-state index in [0.717, 1.165) is 6.92 Å². The molecule has 0 aromatic heterocycles. The fourth-order valence-corrected chi connectivity index (χ4v) is 0.393. The van der Waals surface area contributed by atoms with E-state index in [1.54, 1.807) is 0 Å². The van der Waals surface area contributed by atoms with Crippen molar-refractivity contribution in [2.24, 2.45) is 0 Å². The van der Waals surface area contributed by atoms with Gasteiger partial charge >= 0.3 is 0 Å². The average molecular weight is 530 g/mol. The summed E-state index contributed by atoms with van der Waals surface area (Å²) in [5.74, 6) is -1.96. The highest BCUT2D eigenvalue weighted by atomic mass is 16.9. The van der Waals surface area contributed by atoms with Crippen LogP contribution in [0.1, 0.15) is 6.92 Å². The summed E-state index contributed by atoms with van der Waals surface area (Å²) in [7, 11) is 0. The summed E-state index contributed by atoms with van der Waals surface area (Å²) in [5.41, 5.74) is 0. The van der Waals surface area contributed by atoms with Gasteiger partial charge in [-0.1, -0.05) is 5.23 Å². The van der Waals surface area contributed by atoms with E-state index in [1.807, 2.05) is 0 Å². The minimum absolute atomic E-state index is 0.0429. The van der Waals surface area contributed by atoms with E-state index in [9.17, 15) is 0 Å². The molecule has 0 unspecified atom stereocenters. The Labute approximate surface area is 181 Å². The predicted molar refractivity (Wildman–Crippen MR) is 83.8 cm³/mol. The van der Waals surface area contributed by atoms with Crippen molar-refractivity contribution in [2.75, 3.05) is 13.1 Å². The smallest absolute Gasteiger partial charge is 0.291 e. The van der Waals surface area contributed by atoms with Crippen molar-refractivity contribution in [3.63, 3.8) is 0 Å². The molecule has 0 saturated heterocycles. The molecule has 206 valence electrons. The van der Waals surface area contributed by atoms with E-state index in [0.29, 0.717) is 0 Å². The Morgan fingerprint density at radius 2 is 0.765 bits per heavy atom. The Bertz CT molecular complexity index is 426. The van der Waals surface area contributed by atoms with E-state index in [2.05, 4.69) is 5.32 Å². The van der Waals surface area contributed by atoms with Gasteiger partial charge in [-0.2, -0.15) is 0 Å². The van der Waals surface area contributed by atoms with Crippen LogP contribution in [0.15, 0.2) is 0 Å². The first-order valence-corrected chi connectivity index (χ1v) is 6.16. The molecule has 0 aliphatic carbocycles. The summed E-state index contributed by atoms with van der Waals surface area (Å²) in [6.07, 6.45) is 0. The minimum Gasteiger partial charge on any atom is -0.354 e. The molecule has 0 radical (unpaired) electrons. The van der Waals surface area contributed by atoms with Crippen LogP contribution in [0, 0.1) is 60.7 Å². The van der Waals surface area contributed by atoms with Gasteiger partial charge in [-0.15, -0.1) is 60.7 Å². The van der Waals surface area contributed by atoms with E-state index in [4.69, 9.17) is 113 Å². The monoisotopic (exact) mass is 530 g/mol. The minimum atomic E-state index is -1.96. The van der Waals surface area contributed by atoms with Gasteiger partial charge in [0.15, 0.2) is 0 Å². The number of hydrogen-bond donors (Lipinski definition) is 11. The van der Waals surface area contributed by atoms with Crippen molar-refractivity contribution in [1.29, 1.82) is 0 Å². The van der Waals surface area contributed by atoms with Crippen LogP contribution >= 0.6 is 0 Å². The first kappa shape index (κ1) is 46.9. The van der Waals surface area contributed by atoms with Gasteiger partial charge in [0.25, 0.3) is 30.5 Å². The second-order valence-corrected chi connectivity index (χ2v) is 3.47. The molecule has 34 heavy (non-hydrogen) atoms. The Morgan fingerprint density at radius 1 is 0.618 bits per heavy atom. The van der Waals surface area contributed by atoms with Crippen molar-refractivity contribution in [3.8, 4) is 0 Å². The van der Waals surface area contributed by atoms with Crippen molar-refractivity contribution in [3.05, 3.63) is 60.7 Å². The summed E-state index contributed by atoms with van der Waals surface area (Å²) >= 11 is 0. The highest BCUT2D eigenvalue weighted by molar-refractivity contribution is 4.52. The van der Waals surface area contributed by atoms with Crippen molar-refractivity contribution < 1.29 is 82.4 Å². The molecule has 0 rings (SSSR count). The van der Waals surface area contributed by atoms with Crippen molar-refractivity contribution in [1.82, 2.24) is 10.5 Å². The van der Waals surface area contributed by atoms with Crippen LogP contribution < -0.4 is 5.32 Å². The van der Waals surface area contributed by atoms with Gasteiger partial charge in [0.1, 0.15) is 0 Å². The van der Waals surface area contributed by atoms with Gasteiger partial charge in [0, 0.05) is 13.5 Å². The topological polar surface area (TPSA) is 476 Å². The quantitative estimate of drug-likeness (QED) is 0.0943. The Hall–Kier alpha value is -5.04. The molecule has 0 fully saturated rings. The molecule has 0 aromatic rings. The number of nitrogens with one attached hydrogen (secondary N) is 1. The number of aliphatic hydroxyl groups is 2. The summed E-state index contributed by atoms with van der Waals surface area (Å²) in [6.45, 7) is 1.10. The molecule has 0 bridgehead atoms. The lowest BCUT2D eigenvalue weighted by Crippen LogP contribution is -2.44. The molecule has 0 amide bonds. The van der Waals surface area contributed by atoms with E-state index >= 15 is 0 Å². The molecule has 0 heterocycles. The van der Waals surface area contributed by atoms with Gasteiger partial charge in [-0.3, -0.25) is 15.7 Å². The van der Waals surface area contributed by atoms with E-state index in [1.165, 1.54) is 0 Å². The molecule has 0 aliphatic rings. The first-order chi connectivity index (χ1) is 14.8. The highest BCUT2D eigenvalue weighted by Gasteiger charge is 2.12. The first-order valence-electron chi connectivity index (χ1n) is 6.16. The summed E-state index contributed by atoms with van der Waals surface area (Å²) < 4.78 is 0. The van der Waals surface area contributed by atoms with Gasteiger partial charge in [-0.05, 0) is 0 Å². The number of rotatable bonds is 4. The fourth-order valence-electron chi connectivity index (χ4n) is 0.393. The van der Waals surface area contributed by atoms with E-state index in [-0.39, 0.29) is 18.3 Å². The zero-order valence-electron chi connectivity index (χ0n) is 15.9. The lowest BCUT2D eigenvalue weighted by molar-refractivity contribution is -0.742. The lowest BCUT2D eigenvalue weighted by Gasteiger charge is -2.17. The van der Waals surface area contributed by atoms with E-state index < -0.39 is 36.4 Å². The van der Waals surface area contributed by atoms with Crippen molar-refractivity contribution in [2.45, 2.75) is 12.8 Å². The number of hydroxylamine groups is 2. The second kappa shape index (κ2) is 32.6. The van der Waals surface area contributed by atoms with Crippen LogP contribution in [-0.4, -0.2) is 107 Å². The van der Waals surface area contributed by atoms with Crippen LogP contribution in [0.5, 0.6) is 0 Å². The molecule has 30 heteroatoms. The predicted octanol–water partition coefficient (Wildman–Crippen LogP) is -3.77. The molecule has 0 aliphatic heterocycles. The van der Waals surface area contributed by atoms with Crippen LogP contribution in [0.4, 0.5) is 0 Å². The molecular weight excluding hydrogens is 512 g/mol. The zero-order valence-corrected chi connectivity index (χ0v) is 15.9. The molecule has 0 spiro atoms. The summed E-state index contributed by atoms with van der Waals surface area (Å²) in [4.78, 5) is 50.2. The Kier molecular flexibility index (Phi) is 45.0. The van der Waals surface area contributed by atoms with Crippen molar-refractivity contribution >= 4 is 0 Å². The maximum Gasteiger partial charge on any atom is 0.291 e. The molecular formula is C4H18N8O22. The normalized spacial score (nSPS) is 7.94. The fraction of sp³-hybridized carbons (Fsp3) is 1.00. The molecule has 0 aromatic carbocycles. The zero-order chi connectivity index (χ0) is 29.7. The largest absolute Gasteiger partial charge is 0.354 e. The third-order valence-electron chi connectivity index (χ3n) is 0.772. The van der Waals surface area contributed by atoms with Crippen LogP contribution in [0.3, 0.4) is 0 Å². The molecule has 0 atom stereocenters. The SMILES string of the molecule is CC(O)(O)NCCN(O)O.O=[N+]([O-])O.O=[N+]([O-])O.O=[N+]([O-])O.O=[N+]([O-])O.O=[N+]([O-])O.O=[N+]([O-])O. The molecule has 11 N–H and O–H groups in total. The van der Waals surface area contributed by atoms with Crippen LogP contribution in [-0.2, 0) is 0 Å². The van der Waals surface area contributed by atoms with Gasteiger partial charge in [0.2, 0.25) is 5.91 Å². The summed E-state index contributed by atoms with van der Waals surface area (Å²) in [6, 6.07) is 0. The van der Waals surface area contributed by atoms with Crippen LogP contribution in [0.2, 0.25) is 0 Å². The highest BCUT2D eigenvalue weighted by Crippen LogP contribution is 1.87. The third kappa shape index (κ3) is 4730. The average Bonchev–Trinajstić information content (AvgIpc) is 2.40. The van der Waals surface area contributed by atoms with Gasteiger partial charge in [0.05, 0.1) is 6.54 Å².